The van der Waals surface area contributed by atoms with E-state index in [-0.39, 0.29) is 6.61 Å². The molecule has 0 spiro atoms. The van der Waals surface area contributed by atoms with Gasteiger partial charge in [0.25, 0.3) is 0 Å². The number of esters is 3. The van der Waals surface area contributed by atoms with Gasteiger partial charge in [0.2, 0.25) is 0 Å². The van der Waals surface area contributed by atoms with Crippen molar-refractivity contribution in [2.24, 2.45) is 0 Å². The second-order valence-electron chi connectivity index (χ2n) is 4.98. The summed E-state index contributed by atoms with van der Waals surface area (Å²) in [6.45, 7) is 3.69. The minimum atomic E-state index is -0.835. The lowest BCUT2D eigenvalue weighted by atomic mass is 10.1. The van der Waals surface area contributed by atoms with E-state index in [1.165, 1.54) is 20.8 Å². The van der Waals surface area contributed by atoms with E-state index in [0.717, 1.165) is 0 Å². The Labute approximate surface area is 123 Å². The fourth-order valence-electron chi connectivity index (χ4n) is 2.11. The lowest BCUT2D eigenvalue weighted by Gasteiger charge is -2.26. The van der Waals surface area contributed by atoms with Crippen LogP contribution in [0.25, 0.3) is 0 Å². The molecule has 8 heteroatoms. The van der Waals surface area contributed by atoms with Gasteiger partial charge in [0.1, 0.15) is 12.7 Å². The third-order valence-electron chi connectivity index (χ3n) is 2.85. The first-order valence-corrected chi connectivity index (χ1v) is 6.52. The highest BCUT2D eigenvalue weighted by molar-refractivity contribution is 5.68. The second kappa shape index (κ2) is 7.37. The summed E-state index contributed by atoms with van der Waals surface area (Å²) in [5.41, 5.74) is 0. The summed E-state index contributed by atoms with van der Waals surface area (Å²) in [7, 11) is 3.47. The van der Waals surface area contributed by atoms with E-state index in [4.69, 9.17) is 18.9 Å². The van der Waals surface area contributed by atoms with Crippen LogP contribution in [0, 0.1) is 0 Å². The quantitative estimate of drug-likeness (QED) is 0.505. The Hall–Kier alpha value is -1.67. The van der Waals surface area contributed by atoms with E-state index in [1.54, 1.807) is 19.0 Å². The van der Waals surface area contributed by atoms with Crippen LogP contribution in [-0.2, 0) is 33.3 Å². The maximum Gasteiger partial charge on any atom is 0.303 e. The molecule has 0 N–H and O–H groups in total. The molecule has 0 saturated carbocycles. The van der Waals surface area contributed by atoms with E-state index in [9.17, 15) is 14.4 Å². The molecule has 4 atom stereocenters. The summed E-state index contributed by atoms with van der Waals surface area (Å²) in [6.07, 6.45) is -2.92. The van der Waals surface area contributed by atoms with Gasteiger partial charge in [-0.05, 0) is 14.1 Å². The highest BCUT2D eigenvalue weighted by Crippen LogP contribution is 2.28. The van der Waals surface area contributed by atoms with Gasteiger partial charge in [-0.1, -0.05) is 0 Å². The Balaban J connectivity index is 2.93. The van der Waals surface area contributed by atoms with E-state index in [2.05, 4.69) is 0 Å². The molecule has 120 valence electrons. The van der Waals surface area contributed by atoms with Crippen LogP contribution >= 0.6 is 0 Å². The second-order valence-corrected chi connectivity index (χ2v) is 4.98. The number of hydrogen-bond donors (Lipinski definition) is 0. The lowest BCUT2D eigenvalue weighted by molar-refractivity contribution is -0.167. The summed E-state index contributed by atoms with van der Waals surface area (Å²) >= 11 is 0. The maximum atomic E-state index is 11.3. The molecule has 21 heavy (non-hydrogen) atoms. The number of carbonyl (C=O) groups is 3. The van der Waals surface area contributed by atoms with Crippen molar-refractivity contribution in [2.75, 3.05) is 20.7 Å². The first kappa shape index (κ1) is 17.4. The maximum absolute atomic E-state index is 11.3. The van der Waals surface area contributed by atoms with E-state index < -0.39 is 42.4 Å². The largest absolute Gasteiger partial charge is 0.463 e. The number of ether oxygens (including phenoxy) is 4. The van der Waals surface area contributed by atoms with Crippen LogP contribution in [0.3, 0.4) is 0 Å². The Morgan fingerprint density at radius 3 is 1.90 bits per heavy atom. The number of carbonyl (C=O) groups excluding carboxylic acids is 3. The first-order chi connectivity index (χ1) is 9.72. The van der Waals surface area contributed by atoms with Crippen LogP contribution in [0.2, 0.25) is 0 Å². The van der Waals surface area contributed by atoms with Gasteiger partial charge >= 0.3 is 17.9 Å². The van der Waals surface area contributed by atoms with Gasteiger partial charge in [-0.25, -0.2) is 0 Å². The number of rotatable bonds is 5. The van der Waals surface area contributed by atoms with Crippen LogP contribution in [-0.4, -0.2) is 68.0 Å². The van der Waals surface area contributed by atoms with Gasteiger partial charge < -0.3 is 18.9 Å². The van der Waals surface area contributed by atoms with E-state index in [1.807, 2.05) is 0 Å². The summed E-state index contributed by atoms with van der Waals surface area (Å²) < 4.78 is 21.0. The molecule has 0 aromatic heterocycles. The van der Waals surface area contributed by atoms with E-state index in [0.29, 0.717) is 0 Å². The molecule has 0 radical (unpaired) electrons. The van der Waals surface area contributed by atoms with Crippen molar-refractivity contribution in [2.45, 2.75) is 45.3 Å². The number of likely N-dealkylation sites (N-methyl/N-ethyl adjacent to an activating group) is 1. The molecule has 0 aliphatic carbocycles. The van der Waals surface area contributed by atoms with Crippen LogP contribution < -0.4 is 0 Å². The molecule has 1 fully saturated rings. The monoisotopic (exact) mass is 303 g/mol. The average Bonchev–Trinajstić information content (AvgIpc) is 2.64. The smallest absolute Gasteiger partial charge is 0.303 e. The van der Waals surface area contributed by atoms with Gasteiger partial charge in [0.05, 0.1) is 0 Å². The van der Waals surface area contributed by atoms with Gasteiger partial charge in [-0.3, -0.25) is 19.3 Å². The predicted molar refractivity (Wildman–Crippen MR) is 70.1 cm³/mol. The topological polar surface area (TPSA) is 91.4 Å². The Morgan fingerprint density at radius 1 is 0.952 bits per heavy atom. The summed E-state index contributed by atoms with van der Waals surface area (Å²) in [5, 5.41) is 0. The molecular formula is C13H21NO7. The lowest BCUT2D eigenvalue weighted by Crippen LogP contribution is -2.44. The third kappa shape index (κ3) is 4.98. The first-order valence-electron chi connectivity index (χ1n) is 6.52. The molecule has 0 aromatic rings. The van der Waals surface area contributed by atoms with Gasteiger partial charge in [-0.2, -0.15) is 0 Å². The fraction of sp³-hybridized carbons (Fsp3) is 0.769. The molecule has 0 amide bonds. The van der Waals surface area contributed by atoms with Crippen molar-refractivity contribution in [1.82, 2.24) is 4.90 Å². The van der Waals surface area contributed by atoms with Crippen LogP contribution in [0.4, 0.5) is 0 Å². The molecule has 0 bridgehead atoms. The SMILES string of the molecule is CC(=O)OC[C@H]1O[C@@H](N(C)C)[C@H](OC(C)=O)[C@@H]1OC(C)=O. The van der Waals surface area contributed by atoms with Crippen molar-refractivity contribution in [1.29, 1.82) is 0 Å². The number of nitrogens with zero attached hydrogens (tertiary/aromatic N) is 1. The Kier molecular flexibility index (Phi) is 6.10. The predicted octanol–water partition coefficient (Wildman–Crippen LogP) is -0.301. The number of hydrogen-bond acceptors (Lipinski definition) is 8. The fourth-order valence-corrected chi connectivity index (χ4v) is 2.11. The molecule has 1 heterocycles. The van der Waals surface area contributed by atoms with Gasteiger partial charge in [-0.15, -0.1) is 0 Å². The Morgan fingerprint density at radius 2 is 1.48 bits per heavy atom. The molecule has 1 aliphatic heterocycles. The van der Waals surface area contributed by atoms with Gasteiger partial charge in [0, 0.05) is 20.8 Å². The Bertz CT molecular complexity index is 409. The van der Waals surface area contributed by atoms with Crippen molar-refractivity contribution in [3.8, 4) is 0 Å². The standard InChI is InChI=1S/C13H21NO7/c1-7(15)18-6-10-11(19-8(2)16)12(20-9(3)17)13(21-10)14(4)5/h10-13H,6H2,1-5H3/t10-,11-,12-,13-/m1/s1. The highest BCUT2D eigenvalue weighted by Gasteiger charge is 2.50. The van der Waals surface area contributed by atoms with Gasteiger partial charge in [0.15, 0.2) is 18.4 Å². The molecule has 8 nitrogen and oxygen atoms in total. The zero-order chi connectivity index (χ0) is 16.2. The van der Waals surface area contributed by atoms with Crippen molar-refractivity contribution >= 4 is 17.9 Å². The molecular weight excluding hydrogens is 282 g/mol. The molecule has 1 aliphatic rings. The van der Waals surface area contributed by atoms with Crippen molar-refractivity contribution in [3.05, 3.63) is 0 Å². The minimum Gasteiger partial charge on any atom is -0.463 e. The zero-order valence-corrected chi connectivity index (χ0v) is 12.8. The summed E-state index contributed by atoms with van der Waals surface area (Å²) in [5.74, 6) is -1.52. The van der Waals surface area contributed by atoms with Crippen molar-refractivity contribution in [3.63, 3.8) is 0 Å². The molecule has 0 unspecified atom stereocenters. The normalized spacial score (nSPS) is 28.3. The minimum absolute atomic E-state index is 0.0879. The average molecular weight is 303 g/mol. The summed E-state index contributed by atoms with van der Waals surface area (Å²) in [6, 6.07) is 0. The van der Waals surface area contributed by atoms with E-state index >= 15 is 0 Å². The molecule has 1 saturated heterocycles. The van der Waals surface area contributed by atoms with Crippen LogP contribution in [0.5, 0.6) is 0 Å². The molecule has 0 aromatic carbocycles. The molecule has 1 rings (SSSR count). The third-order valence-corrected chi connectivity index (χ3v) is 2.85. The highest BCUT2D eigenvalue weighted by atomic mass is 16.7. The van der Waals surface area contributed by atoms with Crippen LogP contribution in [0.1, 0.15) is 20.8 Å². The summed E-state index contributed by atoms with van der Waals surface area (Å²) in [4.78, 5) is 35.1. The van der Waals surface area contributed by atoms with Crippen LogP contribution in [0.15, 0.2) is 0 Å². The van der Waals surface area contributed by atoms with Crippen molar-refractivity contribution < 1.29 is 33.3 Å². The zero-order valence-electron chi connectivity index (χ0n) is 12.8.